The second kappa shape index (κ2) is 5.15. The average molecular weight is 196 g/mol. The van der Waals surface area contributed by atoms with Crippen molar-refractivity contribution in [2.45, 2.75) is 13.3 Å². The first kappa shape index (κ1) is 11.2. The van der Waals surface area contributed by atoms with Crippen LogP contribution in [0.5, 0.6) is 0 Å². The molecule has 2 atom stereocenters. The minimum absolute atomic E-state index is 0.172. The second-order valence-corrected chi connectivity index (χ2v) is 4.17. The fourth-order valence-corrected chi connectivity index (χ4v) is 1.52. The molecule has 0 aliphatic heterocycles. The van der Waals surface area contributed by atoms with Gasteiger partial charge in [0.2, 0.25) is 5.91 Å². The highest BCUT2D eigenvalue weighted by Gasteiger charge is 2.33. The lowest BCUT2D eigenvalue weighted by Gasteiger charge is -2.16. The molecule has 14 heavy (non-hydrogen) atoms. The topological polar surface area (TPSA) is 32.3 Å². The summed E-state index contributed by atoms with van der Waals surface area (Å²) in [6, 6.07) is 0. The van der Waals surface area contributed by atoms with Gasteiger partial charge in [0, 0.05) is 20.1 Å². The van der Waals surface area contributed by atoms with Crippen molar-refractivity contribution in [2.24, 2.45) is 11.8 Å². The van der Waals surface area contributed by atoms with Crippen LogP contribution in [0.1, 0.15) is 13.3 Å². The maximum Gasteiger partial charge on any atom is 0.236 e. The van der Waals surface area contributed by atoms with E-state index in [2.05, 4.69) is 18.8 Å². The van der Waals surface area contributed by atoms with Crippen molar-refractivity contribution in [2.75, 3.05) is 26.7 Å². The third kappa shape index (κ3) is 3.50. The summed E-state index contributed by atoms with van der Waals surface area (Å²) >= 11 is 0. The quantitative estimate of drug-likeness (QED) is 0.505. The van der Waals surface area contributed by atoms with E-state index in [4.69, 9.17) is 0 Å². The van der Waals surface area contributed by atoms with Crippen LogP contribution in [-0.4, -0.2) is 37.5 Å². The number of nitrogens with zero attached hydrogens (tertiary/aromatic N) is 1. The van der Waals surface area contributed by atoms with E-state index in [1.165, 1.54) is 6.42 Å². The zero-order valence-electron chi connectivity index (χ0n) is 9.12. The van der Waals surface area contributed by atoms with E-state index >= 15 is 0 Å². The van der Waals surface area contributed by atoms with Crippen LogP contribution in [0, 0.1) is 11.8 Å². The van der Waals surface area contributed by atoms with E-state index < -0.39 is 0 Å². The van der Waals surface area contributed by atoms with Crippen molar-refractivity contribution in [1.82, 2.24) is 10.2 Å². The molecule has 1 N–H and O–H groups in total. The Hall–Kier alpha value is -0.830. The molecule has 1 rings (SSSR count). The molecule has 3 nitrogen and oxygen atoms in total. The lowest BCUT2D eigenvalue weighted by atomic mass is 10.3. The zero-order chi connectivity index (χ0) is 10.6. The summed E-state index contributed by atoms with van der Waals surface area (Å²) in [4.78, 5) is 13.3. The summed E-state index contributed by atoms with van der Waals surface area (Å²) in [6.45, 7) is 7.84. The maximum atomic E-state index is 11.5. The number of likely N-dealkylation sites (N-methyl/N-ethyl adjacent to an activating group) is 1. The van der Waals surface area contributed by atoms with E-state index in [1.807, 2.05) is 11.9 Å². The Morgan fingerprint density at radius 3 is 2.86 bits per heavy atom. The number of hydrogen-bond acceptors (Lipinski definition) is 2. The molecule has 0 aromatic heterocycles. The predicted octanol–water partition coefficient (Wildman–Crippen LogP) is 0.876. The van der Waals surface area contributed by atoms with Gasteiger partial charge in [-0.15, -0.1) is 6.58 Å². The molecule has 2 unspecified atom stereocenters. The van der Waals surface area contributed by atoms with E-state index in [1.54, 1.807) is 6.08 Å². The summed E-state index contributed by atoms with van der Waals surface area (Å²) in [5, 5.41) is 3.01. The first-order valence-corrected chi connectivity index (χ1v) is 5.20. The first-order chi connectivity index (χ1) is 6.65. The van der Waals surface area contributed by atoms with Crippen LogP contribution >= 0.6 is 0 Å². The fraction of sp³-hybridized carbons (Fsp3) is 0.727. The van der Waals surface area contributed by atoms with Gasteiger partial charge in [-0.3, -0.25) is 4.79 Å². The Balaban J connectivity index is 2.12. The molecule has 80 valence electrons. The van der Waals surface area contributed by atoms with Crippen molar-refractivity contribution in [3.63, 3.8) is 0 Å². The molecule has 1 saturated carbocycles. The Bertz CT molecular complexity index is 215. The number of amides is 1. The van der Waals surface area contributed by atoms with Crippen molar-refractivity contribution in [1.29, 1.82) is 0 Å². The van der Waals surface area contributed by atoms with Gasteiger partial charge in [-0.25, -0.2) is 0 Å². The number of carbonyl (C=O) groups is 1. The molecule has 1 aliphatic rings. The van der Waals surface area contributed by atoms with Gasteiger partial charge in [0.25, 0.3) is 0 Å². The van der Waals surface area contributed by atoms with E-state index in [9.17, 15) is 4.79 Å². The normalized spacial score (nSPS) is 24.4. The Morgan fingerprint density at radius 1 is 1.71 bits per heavy atom. The summed E-state index contributed by atoms with van der Waals surface area (Å²) < 4.78 is 0. The van der Waals surface area contributed by atoms with Crippen molar-refractivity contribution in [3.8, 4) is 0 Å². The molecule has 1 amide bonds. The van der Waals surface area contributed by atoms with Crippen LogP contribution in [0.2, 0.25) is 0 Å². The molecular weight excluding hydrogens is 176 g/mol. The summed E-state index contributed by atoms with van der Waals surface area (Å²) in [6.07, 6.45) is 3.04. The lowest BCUT2D eigenvalue weighted by Crippen LogP contribution is -2.36. The zero-order valence-corrected chi connectivity index (χ0v) is 9.12. The fourth-order valence-electron chi connectivity index (χ4n) is 1.52. The SMILES string of the molecule is C=CCNCC(=O)N(C)CC1CC1C. The highest BCUT2D eigenvalue weighted by molar-refractivity contribution is 5.78. The number of carbonyl (C=O) groups excluding carboxylic acids is 1. The Labute approximate surface area is 86.2 Å². The summed E-state index contributed by atoms with van der Waals surface area (Å²) in [5.74, 6) is 1.72. The first-order valence-electron chi connectivity index (χ1n) is 5.20. The minimum Gasteiger partial charge on any atom is -0.344 e. The largest absolute Gasteiger partial charge is 0.344 e. The van der Waals surface area contributed by atoms with Gasteiger partial charge in [0.1, 0.15) is 0 Å². The highest BCUT2D eigenvalue weighted by Crippen LogP contribution is 2.37. The molecule has 0 radical (unpaired) electrons. The van der Waals surface area contributed by atoms with Crippen LogP contribution in [0.3, 0.4) is 0 Å². The average Bonchev–Trinajstić information content (AvgIpc) is 2.82. The predicted molar refractivity (Wildman–Crippen MR) is 58.0 cm³/mol. The Morgan fingerprint density at radius 2 is 2.36 bits per heavy atom. The lowest BCUT2D eigenvalue weighted by molar-refractivity contribution is -0.129. The van der Waals surface area contributed by atoms with Gasteiger partial charge in [-0.1, -0.05) is 13.0 Å². The van der Waals surface area contributed by atoms with Crippen LogP contribution in [0.25, 0.3) is 0 Å². The van der Waals surface area contributed by atoms with Gasteiger partial charge in [0.15, 0.2) is 0 Å². The summed E-state index contributed by atoms with van der Waals surface area (Å²) in [7, 11) is 1.88. The van der Waals surface area contributed by atoms with E-state index in [0.717, 1.165) is 18.4 Å². The van der Waals surface area contributed by atoms with E-state index in [-0.39, 0.29) is 5.91 Å². The molecule has 0 aromatic rings. The minimum atomic E-state index is 0.172. The highest BCUT2D eigenvalue weighted by atomic mass is 16.2. The van der Waals surface area contributed by atoms with E-state index in [0.29, 0.717) is 13.1 Å². The maximum absolute atomic E-state index is 11.5. The third-order valence-electron chi connectivity index (χ3n) is 2.78. The van der Waals surface area contributed by atoms with Crippen molar-refractivity contribution < 1.29 is 4.79 Å². The van der Waals surface area contributed by atoms with Gasteiger partial charge in [0.05, 0.1) is 6.54 Å². The molecular formula is C11H20N2O. The van der Waals surface area contributed by atoms with Crippen molar-refractivity contribution in [3.05, 3.63) is 12.7 Å². The molecule has 0 bridgehead atoms. The van der Waals surface area contributed by atoms with Gasteiger partial charge in [-0.2, -0.15) is 0 Å². The number of rotatable bonds is 6. The smallest absolute Gasteiger partial charge is 0.236 e. The Kier molecular flexibility index (Phi) is 4.14. The monoisotopic (exact) mass is 196 g/mol. The third-order valence-corrected chi connectivity index (χ3v) is 2.78. The molecule has 0 heterocycles. The number of hydrogen-bond donors (Lipinski definition) is 1. The standard InChI is InChI=1S/C11H20N2O/c1-4-5-12-7-11(14)13(3)8-10-6-9(10)2/h4,9-10,12H,1,5-8H2,2-3H3. The molecule has 1 aliphatic carbocycles. The van der Waals surface area contributed by atoms with Crippen molar-refractivity contribution >= 4 is 5.91 Å². The van der Waals surface area contributed by atoms with Crippen LogP contribution in [0.4, 0.5) is 0 Å². The van der Waals surface area contributed by atoms with Crippen LogP contribution < -0.4 is 5.32 Å². The molecule has 3 heteroatoms. The molecule has 0 aromatic carbocycles. The number of nitrogens with one attached hydrogen (secondary N) is 1. The van der Waals surface area contributed by atoms with Gasteiger partial charge >= 0.3 is 0 Å². The van der Waals surface area contributed by atoms with Crippen LogP contribution in [0.15, 0.2) is 12.7 Å². The second-order valence-electron chi connectivity index (χ2n) is 4.17. The van der Waals surface area contributed by atoms with Gasteiger partial charge in [-0.05, 0) is 18.3 Å². The molecule has 1 fully saturated rings. The van der Waals surface area contributed by atoms with Crippen LogP contribution in [-0.2, 0) is 4.79 Å². The van der Waals surface area contributed by atoms with Gasteiger partial charge < -0.3 is 10.2 Å². The molecule has 0 spiro atoms. The molecule has 0 saturated heterocycles. The summed E-state index contributed by atoms with van der Waals surface area (Å²) in [5.41, 5.74) is 0.